The van der Waals surface area contributed by atoms with Gasteiger partial charge in [-0.05, 0) is 62.3 Å². The van der Waals surface area contributed by atoms with Gasteiger partial charge in [-0.1, -0.05) is 20.3 Å². The number of hydrogen-bond acceptors (Lipinski definition) is 2. The summed E-state index contributed by atoms with van der Waals surface area (Å²) in [6.07, 6.45) is 7.71. The molecule has 18 heavy (non-hydrogen) atoms. The summed E-state index contributed by atoms with van der Waals surface area (Å²) < 4.78 is 0. The van der Waals surface area contributed by atoms with Gasteiger partial charge >= 0.3 is 0 Å². The number of fused-ring (bicyclic) bond motifs is 1. The van der Waals surface area contributed by atoms with Crippen molar-refractivity contribution < 1.29 is 5.11 Å². The molecular weight excluding hydrogens is 222 g/mol. The Morgan fingerprint density at radius 2 is 1.89 bits per heavy atom. The molecule has 0 radical (unpaired) electrons. The zero-order valence-corrected chi connectivity index (χ0v) is 11.9. The zero-order chi connectivity index (χ0) is 12.7. The summed E-state index contributed by atoms with van der Waals surface area (Å²) >= 11 is 0. The van der Waals surface area contributed by atoms with Crippen LogP contribution in [0.1, 0.15) is 52.4 Å². The third-order valence-corrected chi connectivity index (χ3v) is 6.10. The van der Waals surface area contributed by atoms with Crippen molar-refractivity contribution in [1.29, 1.82) is 0 Å². The molecule has 0 aromatic heterocycles. The molecule has 0 aromatic carbocycles. The van der Waals surface area contributed by atoms with E-state index in [2.05, 4.69) is 19.2 Å². The molecule has 2 heteroatoms. The molecule has 0 amide bonds. The van der Waals surface area contributed by atoms with Crippen LogP contribution in [0.3, 0.4) is 0 Å². The van der Waals surface area contributed by atoms with Gasteiger partial charge in [0.05, 0.1) is 6.10 Å². The number of rotatable bonds is 2. The van der Waals surface area contributed by atoms with E-state index in [0.29, 0.717) is 12.0 Å². The Hall–Kier alpha value is -0.0800. The van der Waals surface area contributed by atoms with Gasteiger partial charge < -0.3 is 10.4 Å². The molecule has 0 bridgehead atoms. The van der Waals surface area contributed by atoms with Gasteiger partial charge in [-0.3, -0.25) is 0 Å². The van der Waals surface area contributed by atoms with Crippen LogP contribution in [0.4, 0.5) is 0 Å². The van der Waals surface area contributed by atoms with E-state index in [1.54, 1.807) is 0 Å². The van der Waals surface area contributed by atoms with E-state index in [1.165, 1.54) is 38.6 Å². The summed E-state index contributed by atoms with van der Waals surface area (Å²) in [5.74, 6) is 3.93. The van der Waals surface area contributed by atoms with Crippen LogP contribution in [0, 0.1) is 29.6 Å². The van der Waals surface area contributed by atoms with E-state index < -0.39 is 0 Å². The smallest absolute Gasteiger partial charge is 0.0583 e. The quantitative estimate of drug-likeness (QED) is 0.791. The summed E-state index contributed by atoms with van der Waals surface area (Å²) in [5, 5.41) is 14.2. The SMILES string of the molecule is CC(C)C1CCC(O)C(C2NCC3CCCC32)C1. The molecule has 0 spiro atoms. The lowest BCUT2D eigenvalue weighted by molar-refractivity contribution is 0.0129. The van der Waals surface area contributed by atoms with Crippen molar-refractivity contribution >= 4 is 0 Å². The van der Waals surface area contributed by atoms with Gasteiger partial charge in [0.15, 0.2) is 0 Å². The van der Waals surface area contributed by atoms with Crippen LogP contribution in [-0.2, 0) is 0 Å². The Kier molecular flexibility index (Phi) is 3.68. The summed E-state index contributed by atoms with van der Waals surface area (Å²) in [6.45, 7) is 5.91. The Balaban J connectivity index is 1.69. The van der Waals surface area contributed by atoms with Crippen molar-refractivity contribution in [3.05, 3.63) is 0 Å². The molecule has 0 aromatic rings. The largest absolute Gasteiger partial charge is 0.393 e. The van der Waals surface area contributed by atoms with Crippen LogP contribution < -0.4 is 5.32 Å². The molecule has 2 nitrogen and oxygen atoms in total. The van der Waals surface area contributed by atoms with Crippen LogP contribution in [0.25, 0.3) is 0 Å². The van der Waals surface area contributed by atoms with E-state index in [9.17, 15) is 5.11 Å². The number of hydrogen-bond donors (Lipinski definition) is 2. The molecule has 2 aliphatic carbocycles. The first-order chi connectivity index (χ1) is 8.66. The fourth-order valence-electron chi connectivity index (χ4n) is 4.91. The Morgan fingerprint density at radius 3 is 2.67 bits per heavy atom. The third-order valence-electron chi connectivity index (χ3n) is 6.10. The summed E-state index contributed by atoms with van der Waals surface area (Å²) in [6, 6.07) is 0.619. The van der Waals surface area contributed by atoms with E-state index in [-0.39, 0.29) is 6.10 Å². The van der Waals surface area contributed by atoms with Crippen LogP contribution in [0.2, 0.25) is 0 Å². The van der Waals surface area contributed by atoms with Gasteiger partial charge in [0, 0.05) is 12.0 Å². The molecule has 2 N–H and O–H groups in total. The van der Waals surface area contributed by atoms with Crippen molar-refractivity contribution in [2.75, 3.05) is 6.54 Å². The van der Waals surface area contributed by atoms with Gasteiger partial charge in [-0.15, -0.1) is 0 Å². The van der Waals surface area contributed by atoms with Gasteiger partial charge in [0.2, 0.25) is 0 Å². The first-order valence-electron chi connectivity index (χ1n) is 8.08. The predicted molar refractivity (Wildman–Crippen MR) is 74.3 cm³/mol. The van der Waals surface area contributed by atoms with E-state index in [1.807, 2.05) is 0 Å². The van der Waals surface area contributed by atoms with Gasteiger partial charge in [0.25, 0.3) is 0 Å². The van der Waals surface area contributed by atoms with Crippen LogP contribution in [0.15, 0.2) is 0 Å². The van der Waals surface area contributed by atoms with Crippen molar-refractivity contribution in [2.45, 2.75) is 64.5 Å². The minimum absolute atomic E-state index is 0.0446. The van der Waals surface area contributed by atoms with E-state index >= 15 is 0 Å². The molecule has 3 fully saturated rings. The minimum atomic E-state index is -0.0446. The van der Waals surface area contributed by atoms with Crippen molar-refractivity contribution in [1.82, 2.24) is 5.32 Å². The molecular formula is C16H29NO. The maximum atomic E-state index is 10.4. The Morgan fingerprint density at radius 1 is 1.06 bits per heavy atom. The first kappa shape index (κ1) is 12.9. The molecule has 1 saturated heterocycles. The van der Waals surface area contributed by atoms with Crippen molar-refractivity contribution in [3.63, 3.8) is 0 Å². The molecule has 3 rings (SSSR count). The fourth-order valence-corrected chi connectivity index (χ4v) is 4.91. The van der Waals surface area contributed by atoms with E-state index in [4.69, 9.17) is 0 Å². The molecule has 3 aliphatic rings. The zero-order valence-electron chi connectivity index (χ0n) is 11.9. The van der Waals surface area contributed by atoms with Crippen LogP contribution in [-0.4, -0.2) is 23.8 Å². The highest BCUT2D eigenvalue weighted by Gasteiger charge is 2.46. The number of aliphatic hydroxyl groups is 1. The maximum absolute atomic E-state index is 10.4. The predicted octanol–water partition coefficient (Wildman–Crippen LogP) is 2.81. The maximum Gasteiger partial charge on any atom is 0.0583 e. The lowest BCUT2D eigenvalue weighted by Gasteiger charge is -2.40. The molecule has 2 saturated carbocycles. The monoisotopic (exact) mass is 251 g/mol. The van der Waals surface area contributed by atoms with Crippen molar-refractivity contribution in [3.8, 4) is 0 Å². The molecule has 1 aliphatic heterocycles. The lowest BCUT2D eigenvalue weighted by atomic mass is 9.69. The molecule has 6 atom stereocenters. The van der Waals surface area contributed by atoms with Gasteiger partial charge in [-0.25, -0.2) is 0 Å². The molecule has 6 unspecified atom stereocenters. The van der Waals surface area contributed by atoms with Crippen LogP contribution in [0.5, 0.6) is 0 Å². The molecule has 1 heterocycles. The normalized spacial score (nSPS) is 48.7. The number of nitrogens with one attached hydrogen (secondary N) is 1. The lowest BCUT2D eigenvalue weighted by Crippen LogP contribution is -2.45. The third kappa shape index (κ3) is 2.22. The average molecular weight is 251 g/mol. The van der Waals surface area contributed by atoms with Crippen LogP contribution >= 0.6 is 0 Å². The second kappa shape index (κ2) is 5.13. The highest BCUT2D eigenvalue weighted by molar-refractivity contribution is 5.00. The van der Waals surface area contributed by atoms with Gasteiger partial charge in [-0.2, -0.15) is 0 Å². The van der Waals surface area contributed by atoms with Gasteiger partial charge in [0.1, 0.15) is 0 Å². The molecule has 104 valence electrons. The van der Waals surface area contributed by atoms with E-state index in [0.717, 1.165) is 30.1 Å². The first-order valence-corrected chi connectivity index (χ1v) is 8.08. The second-order valence-electron chi connectivity index (χ2n) is 7.34. The standard InChI is InChI=1S/C16H29NO/c1-10(2)11-6-7-15(18)14(8-11)16-13-5-3-4-12(13)9-17-16/h10-18H,3-9H2,1-2H3. The summed E-state index contributed by atoms with van der Waals surface area (Å²) in [5.41, 5.74) is 0. The average Bonchev–Trinajstić information content (AvgIpc) is 2.91. The topological polar surface area (TPSA) is 32.3 Å². The number of aliphatic hydroxyl groups excluding tert-OH is 1. The summed E-state index contributed by atoms with van der Waals surface area (Å²) in [4.78, 5) is 0. The highest BCUT2D eigenvalue weighted by atomic mass is 16.3. The second-order valence-corrected chi connectivity index (χ2v) is 7.34. The fraction of sp³-hybridized carbons (Fsp3) is 1.00. The Bertz CT molecular complexity index is 291. The highest BCUT2D eigenvalue weighted by Crippen LogP contribution is 2.45. The minimum Gasteiger partial charge on any atom is -0.393 e. The van der Waals surface area contributed by atoms with Crippen molar-refractivity contribution in [2.24, 2.45) is 29.6 Å². The summed E-state index contributed by atoms with van der Waals surface area (Å²) in [7, 11) is 0. The Labute approximate surface area is 112 Å².